The summed E-state index contributed by atoms with van der Waals surface area (Å²) in [6, 6.07) is 15.0. The van der Waals surface area contributed by atoms with Gasteiger partial charge in [-0.25, -0.2) is 0 Å². The van der Waals surface area contributed by atoms with Crippen LogP contribution in [0.3, 0.4) is 0 Å². The molecule has 3 nitrogen and oxygen atoms in total. The molecule has 0 saturated carbocycles. The number of oxime groups is 1. The van der Waals surface area contributed by atoms with Crippen LogP contribution in [0, 0.1) is 6.92 Å². The van der Waals surface area contributed by atoms with E-state index in [4.69, 9.17) is 5.21 Å². The lowest BCUT2D eigenvalue weighted by Gasteiger charge is -2.08. The van der Waals surface area contributed by atoms with Gasteiger partial charge in [0.15, 0.2) is 0 Å². The molecule has 0 aliphatic heterocycles. The lowest BCUT2D eigenvalue weighted by atomic mass is 10.0. The van der Waals surface area contributed by atoms with Crippen LogP contribution in [0.2, 0.25) is 0 Å². The number of aromatic hydroxyl groups is 1. The minimum atomic E-state index is 0.138. The quantitative estimate of drug-likeness (QED) is 0.493. The molecule has 2 rings (SSSR count). The van der Waals surface area contributed by atoms with Crippen LogP contribution in [0.25, 0.3) is 0 Å². The van der Waals surface area contributed by atoms with Crippen LogP contribution in [-0.4, -0.2) is 16.0 Å². The van der Waals surface area contributed by atoms with Crippen LogP contribution in [-0.2, 0) is 6.42 Å². The van der Waals surface area contributed by atoms with E-state index in [1.807, 2.05) is 43.3 Å². The lowest BCUT2D eigenvalue weighted by Crippen LogP contribution is -2.06. The summed E-state index contributed by atoms with van der Waals surface area (Å²) in [6.45, 7) is 1.90. The molecule has 0 fully saturated rings. The number of nitrogens with zero attached hydrogens (tertiary/aromatic N) is 1. The maximum Gasteiger partial charge on any atom is 0.125 e. The van der Waals surface area contributed by atoms with Gasteiger partial charge < -0.3 is 10.3 Å². The highest BCUT2D eigenvalue weighted by molar-refractivity contribution is 6.03. The zero-order valence-electron chi connectivity index (χ0n) is 10.2. The Kier molecular flexibility index (Phi) is 3.63. The smallest absolute Gasteiger partial charge is 0.125 e. The van der Waals surface area contributed by atoms with Crippen LogP contribution >= 0.6 is 0 Å². The third kappa shape index (κ3) is 2.69. The maximum absolute atomic E-state index is 9.88. The number of benzene rings is 2. The Morgan fingerprint density at radius 3 is 2.44 bits per heavy atom. The molecule has 0 amide bonds. The van der Waals surface area contributed by atoms with Crippen LogP contribution in [0.4, 0.5) is 0 Å². The van der Waals surface area contributed by atoms with Gasteiger partial charge in [0.25, 0.3) is 0 Å². The van der Waals surface area contributed by atoms with Crippen molar-refractivity contribution in [3.63, 3.8) is 0 Å². The number of rotatable bonds is 3. The van der Waals surface area contributed by atoms with Crippen molar-refractivity contribution in [2.75, 3.05) is 0 Å². The summed E-state index contributed by atoms with van der Waals surface area (Å²) in [5, 5.41) is 22.3. The van der Waals surface area contributed by atoms with Crippen molar-refractivity contribution >= 4 is 5.71 Å². The number of hydrogen-bond acceptors (Lipinski definition) is 3. The molecule has 2 N–H and O–H groups in total. The van der Waals surface area contributed by atoms with Gasteiger partial charge in [0.1, 0.15) is 5.75 Å². The first kappa shape index (κ1) is 12.2. The Labute approximate surface area is 106 Å². The van der Waals surface area contributed by atoms with Gasteiger partial charge in [-0.05, 0) is 30.2 Å². The van der Waals surface area contributed by atoms with E-state index in [0.717, 1.165) is 11.1 Å². The van der Waals surface area contributed by atoms with Gasteiger partial charge in [0, 0.05) is 12.0 Å². The fourth-order valence-corrected chi connectivity index (χ4v) is 1.86. The first-order chi connectivity index (χ1) is 8.70. The molecule has 0 aliphatic carbocycles. The Morgan fingerprint density at radius 1 is 1.11 bits per heavy atom. The van der Waals surface area contributed by atoms with Gasteiger partial charge in [-0.15, -0.1) is 0 Å². The lowest BCUT2D eigenvalue weighted by molar-refractivity contribution is 0.318. The van der Waals surface area contributed by atoms with Gasteiger partial charge in [-0.1, -0.05) is 41.6 Å². The van der Waals surface area contributed by atoms with E-state index in [1.165, 1.54) is 0 Å². The van der Waals surface area contributed by atoms with Crippen LogP contribution in [0.5, 0.6) is 5.75 Å². The molecule has 2 aromatic rings. The Balaban J connectivity index is 2.30. The first-order valence-corrected chi connectivity index (χ1v) is 5.75. The van der Waals surface area contributed by atoms with Gasteiger partial charge in [-0.2, -0.15) is 0 Å². The van der Waals surface area contributed by atoms with Crippen molar-refractivity contribution in [2.45, 2.75) is 13.3 Å². The number of hydrogen-bond donors (Lipinski definition) is 2. The van der Waals surface area contributed by atoms with Crippen molar-refractivity contribution in [3.8, 4) is 5.75 Å². The van der Waals surface area contributed by atoms with Crippen LogP contribution in [0.1, 0.15) is 16.7 Å². The molecule has 92 valence electrons. The summed E-state index contributed by atoms with van der Waals surface area (Å²) < 4.78 is 0. The minimum absolute atomic E-state index is 0.138. The molecule has 0 aliphatic rings. The second-order valence-electron chi connectivity index (χ2n) is 4.23. The van der Waals surface area contributed by atoms with Crippen molar-refractivity contribution in [3.05, 3.63) is 65.2 Å². The summed E-state index contributed by atoms with van der Waals surface area (Å²) in [6.07, 6.45) is 0.480. The number of aryl methyl sites for hydroxylation is 1. The number of phenolic OH excluding ortho intramolecular Hbond substituents is 1. The zero-order chi connectivity index (χ0) is 13.0. The summed E-state index contributed by atoms with van der Waals surface area (Å²) in [5.41, 5.74) is 3.02. The Bertz CT molecular complexity index is 562. The highest BCUT2D eigenvalue weighted by Crippen LogP contribution is 2.21. The molecule has 0 heterocycles. The molecule has 0 saturated heterocycles. The largest absolute Gasteiger partial charge is 0.507 e. The number of phenols is 1. The van der Waals surface area contributed by atoms with Gasteiger partial charge in [-0.3, -0.25) is 0 Å². The normalized spacial score (nSPS) is 11.5. The molecule has 0 spiro atoms. The first-order valence-electron chi connectivity index (χ1n) is 5.75. The third-order valence-corrected chi connectivity index (χ3v) is 2.80. The molecule has 18 heavy (non-hydrogen) atoms. The van der Waals surface area contributed by atoms with Crippen molar-refractivity contribution < 1.29 is 10.3 Å². The molecule has 0 atom stereocenters. The van der Waals surface area contributed by atoms with E-state index in [2.05, 4.69) is 5.16 Å². The van der Waals surface area contributed by atoms with Gasteiger partial charge in [0.05, 0.1) is 5.71 Å². The molecule has 0 radical (unpaired) electrons. The average molecular weight is 241 g/mol. The summed E-state index contributed by atoms with van der Waals surface area (Å²) in [5.74, 6) is 0.138. The van der Waals surface area contributed by atoms with Crippen molar-refractivity contribution in [1.29, 1.82) is 0 Å². The Hall–Kier alpha value is -2.29. The van der Waals surface area contributed by atoms with Gasteiger partial charge >= 0.3 is 0 Å². The van der Waals surface area contributed by atoms with Crippen LogP contribution < -0.4 is 0 Å². The van der Waals surface area contributed by atoms with Gasteiger partial charge in [0.2, 0.25) is 0 Å². The highest BCUT2D eigenvalue weighted by atomic mass is 16.4. The van der Waals surface area contributed by atoms with Crippen molar-refractivity contribution in [2.24, 2.45) is 5.16 Å². The molecule has 0 aromatic heterocycles. The zero-order valence-corrected chi connectivity index (χ0v) is 10.2. The maximum atomic E-state index is 9.88. The fraction of sp³-hybridized carbons (Fsp3) is 0.133. The molecule has 0 unspecified atom stereocenters. The molecular weight excluding hydrogens is 226 g/mol. The predicted molar refractivity (Wildman–Crippen MR) is 71.3 cm³/mol. The average Bonchev–Trinajstić information content (AvgIpc) is 2.38. The molecule has 0 bridgehead atoms. The van der Waals surface area contributed by atoms with E-state index >= 15 is 0 Å². The second-order valence-corrected chi connectivity index (χ2v) is 4.23. The second kappa shape index (κ2) is 5.36. The monoisotopic (exact) mass is 241 g/mol. The Morgan fingerprint density at radius 2 is 1.83 bits per heavy atom. The summed E-state index contributed by atoms with van der Waals surface area (Å²) in [4.78, 5) is 0. The van der Waals surface area contributed by atoms with E-state index in [1.54, 1.807) is 12.1 Å². The summed E-state index contributed by atoms with van der Waals surface area (Å²) >= 11 is 0. The standard InChI is InChI=1S/C15H15NO2/c1-11-7-8-13(15(17)9-11)14(16-18)10-12-5-3-2-4-6-12/h2-9,17-18H,10H2,1H3/b16-14+. The highest BCUT2D eigenvalue weighted by Gasteiger charge is 2.10. The molecule has 2 aromatic carbocycles. The van der Waals surface area contributed by atoms with E-state index in [9.17, 15) is 5.11 Å². The SMILES string of the molecule is Cc1ccc(/C(Cc2ccccc2)=N/O)c(O)c1. The van der Waals surface area contributed by atoms with E-state index < -0.39 is 0 Å². The van der Waals surface area contributed by atoms with Crippen LogP contribution in [0.15, 0.2) is 53.7 Å². The molecular formula is C15H15NO2. The van der Waals surface area contributed by atoms with Crippen molar-refractivity contribution in [1.82, 2.24) is 0 Å². The summed E-state index contributed by atoms with van der Waals surface area (Å²) in [7, 11) is 0. The minimum Gasteiger partial charge on any atom is -0.507 e. The fourth-order valence-electron chi connectivity index (χ4n) is 1.86. The third-order valence-electron chi connectivity index (χ3n) is 2.80. The van der Waals surface area contributed by atoms with E-state index in [0.29, 0.717) is 17.7 Å². The predicted octanol–water partition coefficient (Wildman–Crippen LogP) is 3.12. The van der Waals surface area contributed by atoms with E-state index in [-0.39, 0.29) is 5.75 Å². The topological polar surface area (TPSA) is 52.8 Å². The molecule has 3 heteroatoms.